The first-order chi connectivity index (χ1) is 11.5. The average molecular weight is 327 g/mol. The van der Waals surface area contributed by atoms with E-state index in [1.165, 1.54) is 6.07 Å². The van der Waals surface area contributed by atoms with Gasteiger partial charge in [-0.05, 0) is 25.6 Å². The molecule has 0 aromatic heterocycles. The largest absolute Gasteiger partial charge is 0.363 e. The first-order valence-electron chi connectivity index (χ1n) is 7.32. The van der Waals surface area contributed by atoms with Crippen molar-refractivity contribution in [3.05, 3.63) is 27.8 Å². The van der Waals surface area contributed by atoms with Crippen molar-refractivity contribution in [1.82, 2.24) is 4.90 Å². The van der Waals surface area contributed by atoms with Gasteiger partial charge in [0.2, 0.25) is 5.71 Å². The van der Waals surface area contributed by atoms with E-state index < -0.39 is 4.92 Å². The Morgan fingerprint density at radius 2 is 1.92 bits per heavy atom. The average Bonchev–Trinajstić information content (AvgIpc) is 2.57. The second-order valence-corrected chi connectivity index (χ2v) is 5.50. The molecule has 0 atom stereocenters. The fourth-order valence-electron chi connectivity index (χ4n) is 2.44. The highest BCUT2D eigenvalue weighted by Crippen LogP contribution is 2.34. The van der Waals surface area contributed by atoms with Crippen LogP contribution in [0.15, 0.2) is 17.2 Å². The number of likely N-dealkylation sites (N-methyl/N-ethyl adjacent to an activating group) is 1. The Balaban J connectivity index is 2.39. The molecule has 1 N–H and O–H groups in total. The van der Waals surface area contributed by atoms with Gasteiger partial charge in [-0.2, -0.15) is 15.6 Å². The standard InChI is InChI=1S/C15H17N7O2/c1-11-7-15(22(23)24)14(21-5-3-20(2)4-6-21)8-13(11)19-18-12(9-16)10-17/h7-8,19H,3-6H2,1-2H3. The van der Waals surface area contributed by atoms with Crippen LogP contribution >= 0.6 is 0 Å². The second kappa shape index (κ2) is 7.40. The van der Waals surface area contributed by atoms with Crippen LogP contribution in [0.2, 0.25) is 0 Å². The van der Waals surface area contributed by atoms with Crippen LogP contribution in [0.5, 0.6) is 0 Å². The molecule has 24 heavy (non-hydrogen) atoms. The Morgan fingerprint density at radius 3 is 2.46 bits per heavy atom. The fraction of sp³-hybridized carbons (Fsp3) is 0.400. The Morgan fingerprint density at radius 1 is 1.29 bits per heavy atom. The van der Waals surface area contributed by atoms with Crippen LogP contribution in [0.25, 0.3) is 0 Å². The van der Waals surface area contributed by atoms with Crippen molar-refractivity contribution in [2.24, 2.45) is 5.10 Å². The number of hydrazone groups is 1. The number of benzene rings is 1. The molecule has 0 bridgehead atoms. The zero-order valence-electron chi connectivity index (χ0n) is 13.5. The van der Waals surface area contributed by atoms with Crippen molar-refractivity contribution in [2.75, 3.05) is 43.6 Å². The SMILES string of the molecule is Cc1cc([N+](=O)[O-])c(N2CCN(C)CC2)cc1NN=C(C#N)C#N. The summed E-state index contributed by atoms with van der Waals surface area (Å²) in [7, 11) is 2.01. The Labute approximate surface area is 139 Å². The van der Waals surface area contributed by atoms with Crippen molar-refractivity contribution in [3.63, 3.8) is 0 Å². The number of rotatable bonds is 4. The van der Waals surface area contributed by atoms with Gasteiger partial charge in [0, 0.05) is 32.2 Å². The van der Waals surface area contributed by atoms with Crippen molar-refractivity contribution in [3.8, 4) is 12.1 Å². The molecule has 1 saturated heterocycles. The minimum absolute atomic E-state index is 0.0346. The number of piperazine rings is 1. The van der Waals surface area contributed by atoms with E-state index in [4.69, 9.17) is 10.5 Å². The number of hydrogen-bond donors (Lipinski definition) is 1. The van der Waals surface area contributed by atoms with Crippen LogP contribution in [0, 0.1) is 39.7 Å². The first kappa shape index (κ1) is 17.2. The monoisotopic (exact) mass is 327 g/mol. The Kier molecular flexibility index (Phi) is 5.30. The molecule has 0 spiro atoms. The zero-order chi connectivity index (χ0) is 17.7. The van der Waals surface area contributed by atoms with E-state index in [-0.39, 0.29) is 11.4 Å². The van der Waals surface area contributed by atoms with E-state index in [9.17, 15) is 10.1 Å². The molecular formula is C15H17N7O2. The molecule has 0 amide bonds. The maximum absolute atomic E-state index is 11.4. The van der Waals surface area contributed by atoms with E-state index in [0.717, 1.165) is 13.1 Å². The number of nitrogens with zero attached hydrogens (tertiary/aromatic N) is 6. The van der Waals surface area contributed by atoms with Crippen LogP contribution in [-0.2, 0) is 0 Å². The number of nitro benzene ring substituents is 1. The molecule has 2 rings (SSSR count). The van der Waals surface area contributed by atoms with E-state index in [2.05, 4.69) is 15.4 Å². The van der Waals surface area contributed by atoms with Gasteiger partial charge >= 0.3 is 0 Å². The molecule has 1 aromatic carbocycles. The van der Waals surface area contributed by atoms with Crippen molar-refractivity contribution in [2.45, 2.75) is 6.92 Å². The Bertz CT molecular complexity index is 736. The van der Waals surface area contributed by atoms with Gasteiger partial charge in [0.1, 0.15) is 17.8 Å². The third-order valence-electron chi connectivity index (χ3n) is 3.86. The zero-order valence-corrected chi connectivity index (χ0v) is 13.5. The van der Waals surface area contributed by atoms with Crippen LogP contribution in [0.1, 0.15) is 5.56 Å². The summed E-state index contributed by atoms with van der Waals surface area (Å²) in [6.07, 6.45) is 0. The quantitative estimate of drug-likeness (QED) is 0.505. The molecule has 0 radical (unpaired) electrons. The van der Waals surface area contributed by atoms with Crippen LogP contribution in [0.4, 0.5) is 17.1 Å². The third kappa shape index (κ3) is 3.77. The molecule has 0 aliphatic carbocycles. The van der Waals surface area contributed by atoms with Gasteiger partial charge in [-0.15, -0.1) is 0 Å². The van der Waals surface area contributed by atoms with Crippen LogP contribution in [-0.4, -0.2) is 48.8 Å². The molecule has 0 unspecified atom stereocenters. The summed E-state index contributed by atoms with van der Waals surface area (Å²) in [5.74, 6) is 0. The Hall–Kier alpha value is -3.17. The van der Waals surface area contributed by atoms with E-state index in [1.807, 2.05) is 11.9 Å². The summed E-state index contributed by atoms with van der Waals surface area (Å²) in [5.41, 5.74) is 4.02. The summed E-state index contributed by atoms with van der Waals surface area (Å²) in [6, 6.07) is 6.44. The molecule has 0 saturated carbocycles. The molecule has 9 nitrogen and oxygen atoms in total. The lowest BCUT2D eigenvalue weighted by Gasteiger charge is -2.34. The second-order valence-electron chi connectivity index (χ2n) is 5.50. The van der Waals surface area contributed by atoms with Crippen LogP contribution < -0.4 is 10.3 Å². The molecular weight excluding hydrogens is 310 g/mol. The number of anilines is 2. The number of nitriles is 2. The smallest absolute Gasteiger partial charge is 0.292 e. The minimum atomic E-state index is -0.399. The normalized spacial score (nSPS) is 14.4. The molecule has 1 fully saturated rings. The van der Waals surface area contributed by atoms with E-state index in [0.29, 0.717) is 30.0 Å². The van der Waals surface area contributed by atoms with Crippen LogP contribution in [0.3, 0.4) is 0 Å². The van der Waals surface area contributed by atoms with Gasteiger partial charge < -0.3 is 9.80 Å². The third-order valence-corrected chi connectivity index (χ3v) is 3.86. The predicted molar refractivity (Wildman–Crippen MR) is 89.8 cm³/mol. The molecule has 1 heterocycles. The van der Waals surface area contributed by atoms with Crippen molar-refractivity contribution in [1.29, 1.82) is 10.5 Å². The highest BCUT2D eigenvalue weighted by Gasteiger charge is 2.24. The molecule has 1 aromatic rings. The van der Waals surface area contributed by atoms with Crippen molar-refractivity contribution < 1.29 is 4.92 Å². The lowest BCUT2D eigenvalue weighted by Crippen LogP contribution is -2.44. The van der Waals surface area contributed by atoms with E-state index in [1.54, 1.807) is 25.1 Å². The van der Waals surface area contributed by atoms with Gasteiger partial charge in [0.05, 0.1) is 10.6 Å². The number of aryl methyl sites for hydroxylation is 1. The van der Waals surface area contributed by atoms with Gasteiger partial charge in [-0.25, -0.2) is 0 Å². The van der Waals surface area contributed by atoms with Gasteiger partial charge in [-0.1, -0.05) is 0 Å². The molecule has 124 valence electrons. The van der Waals surface area contributed by atoms with Gasteiger partial charge in [0.25, 0.3) is 5.69 Å². The fourth-order valence-corrected chi connectivity index (χ4v) is 2.44. The summed E-state index contributed by atoms with van der Waals surface area (Å²) in [4.78, 5) is 15.1. The van der Waals surface area contributed by atoms with Gasteiger partial charge in [0.15, 0.2) is 0 Å². The molecule has 1 aliphatic rings. The minimum Gasteiger partial charge on any atom is -0.363 e. The topological polar surface area (TPSA) is 122 Å². The maximum atomic E-state index is 11.4. The maximum Gasteiger partial charge on any atom is 0.292 e. The molecule has 9 heteroatoms. The predicted octanol–water partition coefficient (Wildman–Crippen LogP) is 1.47. The number of nitro groups is 1. The summed E-state index contributed by atoms with van der Waals surface area (Å²) >= 11 is 0. The highest BCUT2D eigenvalue weighted by molar-refractivity contribution is 6.10. The van der Waals surface area contributed by atoms with Crippen molar-refractivity contribution >= 4 is 22.8 Å². The summed E-state index contributed by atoms with van der Waals surface area (Å²) in [6.45, 7) is 4.71. The van der Waals surface area contributed by atoms with Gasteiger partial charge in [-0.3, -0.25) is 15.5 Å². The lowest BCUT2D eigenvalue weighted by atomic mass is 10.1. The summed E-state index contributed by atoms with van der Waals surface area (Å²) in [5, 5.41) is 32.6. The first-order valence-corrected chi connectivity index (χ1v) is 7.32. The lowest BCUT2D eigenvalue weighted by molar-refractivity contribution is -0.384. The summed E-state index contributed by atoms with van der Waals surface area (Å²) < 4.78 is 0. The number of nitrogens with one attached hydrogen (secondary N) is 1. The van der Waals surface area contributed by atoms with E-state index >= 15 is 0 Å². The molecule has 1 aliphatic heterocycles. The number of hydrogen-bond acceptors (Lipinski definition) is 8. The highest BCUT2D eigenvalue weighted by atomic mass is 16.6.